The number of rotatable bonds is 5. The average Bonchev–Trinajstić information content (AvgIpc) is 2.51. The van der Waals surface area contributed by atoms with Crippen LogP contribution in [0, 0.1) is 0 Å². The van der Waals surface area contributed by atoms with E-state index in [1.165, 1.54) is 43.2 Å². The highest BCUT2D eigenvalue weighted by molar-refractivity contribution is 5.67. The van der Waals surface area contributed by atoms with Gasteiger partial charge < -0.3 is 9.84 Å². The molecule has 3 heteroatoms. The third-order valence-electron chi connectivity index (χ3n) is 5.40. The van der Waals surface area contributed by atoms with Gasteiger partial charge >= 0.3 is 5.97 Å². The van der Waals surface area contributed by atoms with Gasteiger partial charge in [0, 0.05) is 17.5 Å². The van der Waals surface area contributed by atoms with Gasteiger partial charge in [-0.25, -0.2) is 0 Å². The van der Waals surface area contributed by atoms with Crippen LogP contribution in [0.3, 0.4) is 0 Å². The summed E-state index contributed by atoms with van der Waals surface area (Å²) < 4.78 is 5.89. The number of aryl methyl sites for hydroxylation is 1. The standard InChI is InChI=1S/C21H32O3/c1-20(2,3)16-13-15(9-10-18(22)23)14-17(19(16)24-5)21(4)11-7-6-8-12-21/h13-14H,6-12H2,1-5H3,(H,22,23). The van der Waals surface area contributed by atoms with Crippen LogP contribution in [0.4, 0.5) is 0 Å². The van der Waals surface area contributed by atoms with Crippen LogP contribution in [0.2, 0.25) is 0 Å². The number of benzene rings is 1. The Morgan fingerprint density at radius 1 is 1.21 bits per heavy atom. The number of ether oxygens (including phenoxy) is 1. The van der Waals surface area contributed by atoms with E-state index >= 15 is 0 Å². The molecule has 0 radical (unpaired) electrons. The summed E-state index contributed by atoms with van der Waals surface area (Å²) >= 11 is 0. The zero-order chi connectivity index (χ0) is 18.0. The summed E-state index contributed by atoms with van der Waals surface area (Å²) in [6.07, 6.45) is 6.92. The predicted octanol–water partition coefficient (Wildman–Crippen LogP) is 5.23. The second-order valence-corrected chi connectivity index (χ2v) is 8.49. The molecule has 24 heavy (non-hydrogen) atoms. The maximum absolute atomic E-state index is 11.0. The molecule has 3 nitrogen and oxygen atoms in total. The van der Waals surface area contributed by atoms with Crippen LogP contribution >= 0.6 is 0 Å². The van der Waals surface area contributed by atoms with Crippen LogP contribution in [-0.4, -0.2) is 18.2 Å². The maximum atomic E-state index is 11.0. The summed E-state index contributed by atoms with van der Waals surface area (Å²) in [6.45, 7) is 8.92. The summed E-state index contributed by atoms with van der Waals surface area (Å²) in [5.41, 5.74) is 3.67. The highest BCUT2D eigenvalue weighted by atomic mass is 16.5. The number of hydrogen-bond acceptors (Lipinski definition) is 2. The van der Waals surface area contributed by atoms with Gasteiger partial charge in [0.05, 0.1) is 7.11 Å². The van der Waals surface area contributed by atoms with Crippen LogP contribution in [0.25, 0.3) is 0 Å². The van der Waals surface area contributed by atoms with Crippen LogP contribution < -0.4 is 4.74 Å². The molecular weight excluding hydrogens is 300 g/mol. The summed E-state index contributed by atoms with van der Waals surface area (Å²) in [5.74, 6) is 0.263. The lowest BCUT2D eigenvalue weighted by Gasteiger charge is -2.37. The fourth-order valence-electron chi connectivity index (χ4n) is 3.91. The Balaban J connectivity index is 2.57. The zero-order valence-electron chi connectivity index (χ0n) is 15.9. The molecule has 0 saturated heterocycles. The van der Waals surface area contributed by atoms with E-state index in [1.54, 1.807) is 7.11 Å². The van der Waals surface area contributed by atoms with Gasteiger partial charge in [0.25, 0.3) is 0 Å². The van der Waals surface area contributed by atoms with Crippen LogP contribution in [0.5, 0.6) is 5.75 Å². The van der Waals surface area contributed by atoms with Gasteiger partial charge in [-0.15, -0.1) is 0 Å². The van der Waals surface area contributed by atoms with Gasteiger partial charge in [-0.3, -0.25) is 4.79 Å². The Bertz CT molecular complexity index is 590. The lowest BCUT2D eigenvalue weighted by Crippen LogP contribution is -2.27. The molecule has 0 aliphatic heterocycles. The lowest BCUT2D eigenvalue weighted by atomic mass is 9.68. The molecule has 0 unspecified atom stereocenters. The van der Waals surface area contributed by atoms with E-state index in [-0.39, 0.29) is 17.3 Å². The molecule has 1 aliphatic carbocycles. The Morgan fingerprint density at radius 3 is 2.33 bits per heavy atom. The minimum Gasteiger partial charge on any atom is -0.496 e. The predicted molar refractivity (Wildman–Crippen MR) is 98.1 cm³/mol. The van der Waals surface area contributed by atoms with Crippen molar-refractivity contribution in [1.82, 2.24) is 0 Å². The van der Waals surface area contributed by atoms with E-state index in [9.17, 15) is 4.79 Å². The van der Waals surface area contributed by atoms with Gasteiger partial charge in [0.1, 0.15) is 5.75 Å². The zero-order valence-corrected chi connectivity index (χ0v) is 15.9. The fraction of sp³-hybridized carbons (Fsp3) is 0.667. The second kappa shape index (κ2) is 7.16. The van der Waals surface area contributed by atoms with Crippen molar-refractivity contribution < 1.29 is 14.6 Å². The molecule has 0 spiro atoms. The Labute approximate surface area is 146 Å². The molecule has 1 aromatic carbocycles. The maximum Gasteiger partial charge on any atom is 0.303 e. The molecule has 0 heterocycles. The molecule has 0 amide bonds. The molecule has 1 aliphatic rings. The quantitative estimate of drug-likeness (QED) is 0.803. The minimum absolute atomic E-state index is 0.0373. The van der Waals surface area contributed by atoms with Gasteiger partial charge in [-0.1, -0.05) is 59.1 Å². The van der Waals surface area contributed by atoms with Gasteiger partial charge in [0.2, 0.25) is 0 Å². The first kappa shape index (κ1) is 18.8. The van der Waals surface area contributed by atoms with Crippen LogP contribution in [0.15, 0.2) is 12.1 Å². The molecule has 0 atom stereocenters. The van der Waals surface area contributed by atoms with E-state index in [1.807, 2.05) is 0 Å². The third-order valence-corrected chi connectivity index (χ3v) is 5.40. The van der Waals surface area contributed by atoms with Crippen molar-refractivity contribution in [3.05, 3.63) is 28.8 Å². The number of aliphatic carboxylic acids is 1. The molecular formula is C21H32O3. The number of hydrogen-bond donors (Lipinski definition) is 1. The van der Waals surface area contributed by atoms with E-state index in [0.29, 0.717) is 6.42 Å². The molecule has 0 aromatic heterocycles. The first-order chi connectivity index (χ1) is 11.2. The smallest absolute Gasteiger partial charge is 0.303 e. The molecule has 1 N–H and O–H groups in total. The fourth-order valence-corrected chi connectivity index (χ4v) is 3.91. The number of carboxylic acids is 1. The van der Waals surface area contributed by atoms with Crippen molar-refractivity contribution in [2.45, 2.75) is 83.5 Å². The number of methoxy groups -OCH3 is 1. The molecule has 0 bridgehead atoms. The Kier molecular flexibility index (Phi) is 5.62. The SMILES string of the molecule is COc1c(C(C)(C)C)cc(CCC(=O)O)cc1C1(C)CCCCC1. The van der Waals surface area contributed by atoms with Crippen molar-refractivity contribution >= 4 is 5.97 Å². The summed E-state index contributed by atoms with van der Waals surface area (Å²) in [6, 6.07) is 4.36. The van der Waals surface area contributed by atoms with Crippen molar-refractivity contribution in [3.63, 3.8) is 0 Å². The van der Waals surface area contributed by atoms with E-state index in [4.69, 9.17) is 9.84 Å². The first-order valence-corrected chi connectivity index (χ1v) is 9.11. The van der Waals surface area contributed by atoms with Crippen molar-refractivity contribution in [2.24, 2.45) is 0 Å². The Hall–Kier alpha value is -1.51. The second-order valence-electron chi connectivity index (χ2n) is 8.49. The molecule has 2 rings (SSSR count). The van der Waals surface area contributed by atoms with E-state index < -0.39 is 5.97 Å². The summed E-state index contributed by atoms with van der Waals surface area (Å²) in [4.78, 5) is 11.0. The van der Waals surface area contributed by atoms with Crippen LogP contribution in [-0.2, 0) is 22.0 Å². The molecule has 1 aromatic rings. The highest BCUT2D eigenvalue weighted by Crippen LogP contribution is 2.46. The average molecular weight is 332 g/mol. The molecule has 1 fully saturated rings. The minimum atomic E-state index is -0.742. The first-order valence-electron chi connectivity index (χ1n) is 9.11. The number of carbonyl (C=O) groups is 1. The van der Waals surface area contributed by atoms with Crippen molar-refractivity contribution in [3.8, 4) is 5.75 Å². The van der Waals surface area contributed by atoms with Crippen LogP contribution in [0.1, 0.15) is 82.9 Å². The van der Waals surface area contributed by atoms with Crippen molar-refractivity contribution in [1.29, 1.82) is 0 Å². The van der Waals surface area contributed by atoms with Gasteiger partial charge in [-0.2, -0.15) is 0 Å². The normalized spacial score (nSPS) is 17.5. The van der Waals surface area contributed by atoms with E-state index in [2.05, 4.69) is 39.8 Å². The van der Waals surface area contributed by atoms with E-state index in [0.717, 1.165) is 11.3 Å². The Morgan fingerprint density at radius 2 is 1.83 bits per heavy atom. The largest absolute Gasteiger partial charge is 0.496 e. The highest BCUT2D eigenvalue weighted by Gasteiger charge is 2.34. The number of carboxylic acid groups (broad SMARTS) is 1. The molecule has 1 saturated carbocycles. The molecule has 134 valence electrons. The summed E-state index contributed by atoms with van der Waals surface area (Å²) in [5, 5.41) is 9.05. The monoisotopic (exact) mass is 332 g/mol. The van der Waals surface area contributed by atoms with Gasteiger partial charge in [0.15, 0.2) is 0 Å². The topological polar surface area (TPSA) is 46.5 Å². The van der Waals surface area contributed by atoms with Gasteiger partial charge in [-0.05, 0) is 35.7 Å². The summed E-state index contributed by atoms with van der Waals surface area (Å²) in [7, 11) is 1.76. The lowest BCUT2D eigenvalue weighted by molar-refractivity contribution is -0.136. The van der Waals surface area contributed by atoms with Crippen molar-refractivity contribution in [2.75, 3.05) is 7.11 Å². The third kappa shape index (κ3) is 4.12.